The molecule has 0 N–H and O–H groups in total. The molecule has 28 heavy (non-hydrogen) atoms. The molecule has 6 nitrogen and oxygen atoms in total. The summed E-state index contributed by atoms with van der Waals surface area (Å²) in [4.78, 5) is 0. The van der Waals surface area contributed by atoms with Crippen LogP contribution in [0.15, 0.2) is 30.3 Å². The zero-order valence-electron chi connectivity index (χ0n) is 16.8. The van der Waals surface area contributed by atoms with Crippen LogP contribution in [0.25, 0.3) is 22.4 Å². The van der Waals surface area contributed by atoms with Crippen LogP contribution in [0.4, 0.5) is 0 Å². The minimum Gasteiger partial charge on any atom is -0.497 e. The van der Waals surface area contributed by atoms with Crippen LogP contribution in [0.1, 0.15) is 11.3 Å². The topological polar surface area (TPSA) is 54.7 Å². The molecule has 0 aliphatic heterocycles. The molecule has 0 saturated carbocycles. The fourth-order valence-electron chi connectivity index (χ4n) is 3.99. The van der Waals surface area contributed by atoms with Gasteiger partial charge in [0, 0.05) is 18.2 Å². The number of aryl methyl sites for hydroxylation is 3. The van der Waals surface area contributed by atoms with Gasteiger partial charge in [0.05, 0.1) is 39.8 Å². The molecule has 0 spiro atoms. The van der Waals surface area contributed by atoms with Crippen molar-refractivity contribution in [3.05, 3.63) is 41.6 Å². The molecule has 3 aromatic rings. The Hall–Kier alpha value is -3.15. The van der Waals surface area contributed by atoms with Crippen LogP contribution in [0, 0.1) is 0 Å². The molecule has 2 aromatic carbocycles. The third-order valence-corrected chi connectivity index (χ3v) is 5.27. The number of aromatic nitrogens is 2. The number of rotatable bonds is 5. The van der Waals surface area contributed by atoms with Crippen molar-refractivity contribution in [2.75, 3.05) is 28.4 Å². The van der Waals surface area contributed by atoms with Crippen molar-refractivity contribution in [2.24, 2.45) is 7.05 Å². The van der Waals surface area contributed by atoms with Crippen molar-refractivity contribution in [1.82, 2.24) is 9.78 Å². The summed E-state index contributed by atoms with van der Waals surface area (Å²) in [6.07, 6.45) is 1.85. The number of hydrogen-bond acceptors (Lipinski definition) is 5. The second-order valence-corrected chi connectivity index (χ2v) is 6.73. The van der Waals surface area contributed by atoms with E-state index in [1.54, 1.807) is 28.4 Å². The Bertz CT molecular complexity index is 1010. The van der Waals surface area contributed by atoms with E-state index in [-0.39, 0.29) is 0 Å². The van der Waals surface area contributed by atoms with E-state index in [4.69, 9.17) is 24.0 Å². The van der Waals surface area contributed by atoms with Gasteiger partial charge < -0.3 is 18.9 Å². The Kier molecular flexibility index (Phi) is 4.63. The van der Waals surface area contributed by atoms with Crippen LogP contribution >= 0.6 is 0 Å². The van der Waals surface area contributed by atoms with E-state index in [0.29, 0.717) is 17.2 Å². The van der Waals surface area contributed by atoms with Gasteiger partial charge in [-0.25, -0.2) is 0 Å². The van der Waals surface area contributed by atoms with Crippen molar-refractivity contribution in [2.45, 2.75) is 12.8 Å². The zero-order valence-corrected chi connectivity index (χ0v) is 16.8. The maximum absolute atomic E-state index is 5.55. The van der Waals surface area contributed by atoms with Gasteiger partial charge in [0.15, 0.2) is 11.5 Å². The molecule has 1 aromatic heterocycles. The highest BCUT2D eigenvalue weighted by molar-refractivity contribution is 5.87. The van der Waals surface area contributed by atoms with E-state index in [9.17, 15) is 0 Å². The number of methoxy groups -OCH3 is 4. The number of nitrogens with zero attached hydrogens (tertiary/aromatic N) is 2. The molecule has 0 saturated heterocycles. The van der Waals surface area contributed by atoms with Crippen LogP contribution in [-0.4, -0.2) is 38.2 Å². The van der Waals surface area contributed by atoms with Crippen LogP contribution in [0.2, 0.25) is 0 Å². The molecule has 6 heteroatoms. The first-order chi connectivity index (χ1) is 13.6. The summed E-state index contributed by atoms with van der Waals surface area (Å²) in [5, 5.41) is 4.80. The number of ether oxygens (including phenoxy) is 4. The van der Waals surface area contributed by atoms with Crippen molar-refractivity contribution >= 4 is 0 Å². The molecular formula is C22H24N2O4. The highest BCUT2D eigenvalue weighted by Gasteiger charge is 2.27. The highest BCUT2D eigenvalue weighted by Crippen LogP contribution is 2.46. The molecule has 146 valence electrons. The molecule has 1 aliphatic carbocycles. The Morgan fingerprint density at radius 2 is 1.57 bits per heavy atom. The van der Waals surface area contributed by atoms with E-state index >= 15 is 0 Å². The third-order valence-electron chi connectivity index (χ3n) is 5.27. The molecule has 1 heterocycles. The lowest BCUT2D eigenvalue weighted by Gasteiger charge is -2.19. The number of benzene rings is 2. The summed E-state index contributed by atoms with van der Waals surface area (Å²) in [5.41, 5.74) is 6.71. The minimum absolute atomic E-state index is 0.579. The molecule has 0 bridgehead atoms. The lowest BCUT2D eigenvalue weighted by molar-refractivity contribution is 0.324. The zero-order chi connectivity index (χ0) is 19.8. The number of fused-ring (bicyclic) bond motifs is 3. The summed E-state index contributed by atoms with van der Waals surface area (Å²) in [6.45, 7) is 0. The second-order valence-electron chi connectivity index (χ2n) is 6.73. The van der Waals surface area contributed by atoms with Crippen molar-refractivity contribution < 1.29 is 18.9 Å². The lowest BCUT2D eigenvalue weighted by atomic mass is 9.86. The first-order valence-electron chi connectivity index (χ1n) is 9.14. The summed E-state index contributed by atoms with van der Waals surface area (Å²) in [6, 6.07) is 10.2. The lowest BCUT2D eigenvalue weighted by Crippen LogP contribution is -2.04. The summed E-state index contributed by atoms with van der Waals surface area (Å²) >= 11 is 0. The van der Waals surface area contributed by atoms with Gasteiger partial charge in [-0.2, -0.15) is 5.10 Å². The highest BCUT2D eigenvalue weighted by atomic mass is 16.5. The first-order valence-corrected chi connectivity index (χ1v) is 9.14. The molecule has 4 rings (SSSR count). The standard InChI is InChI=1S/C22H24N2O4/c1-24-21(14-11-18(26-3)22(28-5)19(12-14)27-4)20-16-8-7-15(25-2)10-13(16)6-9-17(20)23-24/h7-8,10-12H,6,9H2,1-5H3. The predicted molar refractivity (Wildman–Crippen MR) is 108 cm³/mol. The van der Waals surface area contributed by atoms with Gasteiger partial charge in [-0.15, -0.1) is 0 Å². The Balaban J connectivity index is 1.95. The van der Waals surface area contributed by atoms with Crippen molar-refractivity contribution in [3.63, 3.8) is 0 Å². The van der Waals surface area contributed by atoms with E-state index < -0.39 is 0 Å². The average molecular weight is 380 g/mol. The average Bonchev–Trinajstić information content (AvgIpc) is 3.08. The fourth-order valence-corrected chi connectivity index (χ4v) is 3.99. The normalized spacial score (nSPS) is 12.2. The monoisotopic (exact) mass is 380 g/mol. The van der Waals surface area contributed by atoms with Crippen LogP contribution < -0.4 is 18.9 Å². The molecule has 0 fully saturated rings. The van der Waals surface area contributed by atoms with Crippen LogP contribution in [0.3, 0.4) is 0 Å². The van der Waals surface area contributed by atoms with Gasteiger partial charge in [0.2, 0.25) is 5.75 Å². The molecule has 0 unspecified atom stereocenters. The van der Waals surface area contributed by atoms with Crippen molar-refractivity contribution in [3.8, 4) is 45.4 Å². The van der Waals surface area contributed by atoms with Gasteiger partial charge in [0.25, 0.3) is 0 Å². The third kappa shape index (κ3) is 2.76. The summed E-state index contributed by atoms with van der Waals surface area (Å²) < 4.78 is 23.9. The Morgan fingerprint density at radius 1 is 0.857 bits per heavy atom. The van der Waals surface area contributed by atoms with Gasteiger partial charge in [-0.1, -0.05) is 6.07 Å². The van der Waals surface area contributed by atoms with E-state index in [2.05, 4.69) is 12.1 Å². The number of hydrogen-bond donors (Lipinski definition) is 0. The SMILES string of the molecule is COc1ccc2c(c1)CCc1nn(C)c(-c3cc(OC)c(OC)c(OC)c3)c1-2. The quantitative estimate of drug-likeness (QED) is 0.672. The second kappa shape index (κ2) is 7.11. The molecule has 0 atom stereocenters. The molecule has 1 aliphatic rings. The first kappa shape index (κ1) is 18.2. The largest absolute Gasteiger partial charge is 0.497 e. The van der Waals surface area contributed by atoms with Crippen LogP contribution in [0.5, 0.6) is 23.0 Å². The predicted octanol–water partition coefficient (Wildman–Crippen LogP) is 3.89. The van der Waals surface area contributed by atoms with E-state index in [1.807, 2.05) is 29.9 Å². The van der Waals surface area contributed by atoms with Crippen LogP contribution in [-0.2, 0) is 19.9 Å². The van der Waals surface area contributed by atoms with Crippen molar-refractivity contribution in [1.29, 1.82) is 0 Å². The smallest absolute Gasteiger partial charge is 0.203 e. The maximum Gasteiger partial charge on any atom is 0.203 e. The van der Waals surface area contributed by atoms with Gasteiger partial charge in [0.1, 0.15) is 5.75 Å². The molecule has 0 radical (unpaired) electrons. The summed E-state index contributed by atoms with van der Waals surface area (Å²) in [5.74, 6) is 2.70. The van der Waals surface area contributed by atoms with Gasteiger partial charge >= 0.3 is 0 Å². The minimum atomic E-state index is 0.579. The van der Waals surface area contributed by atoms with E-state index in [1.165, 1.54) is 11.1 Å². The Morgan fingerprint density at radius 3 is 2.18 bits per heavy atom. The van der Waals surface area contributed by atoms with Gasteiger partial charge in [-0.05, 0) is 48.2 Å². The molecular weight excluding hydrogens is 356 g/mol. The maximum atomic E-state index is 5.55. The van der Waals surface area contributed by atoms with Gasteiger partial charge in [-0.3, -0.25) is 4.68 Å². The Labute approximate surface area is 164 Å². The summed E-state index contributed by atoms with van der Waals surface area (Å²) in [7, 11) is 8.53. The van der Waals surface area contributed by atoms with E-state index in [0.717, 1.165) is 41.1 Å². The fraction of sp³-hybridized carbons (Fsp3) is 0.318. The molecule has 0 amide bonds.